The summed E-state index contributed by atoms with van der Waals surface area (Å²) in [6, 6.07) is 2.03. The molecular formula is C12H14ClN3OS. The van der Waals surface area contributed by atoms with Gasteiger partial charge in [-0.2, -0.15) is 0 Å². The Morgan fingerprint density at radius 2 is 2.44 bits per heavy atom. The number of aromatic nitrogens is 2. The molecule has 0 amide bonds. The second-order valence-corrected chi connectivity index (χ2v) is 5.66. The molecule has 1 aliphatic rings. The van der Waals surface area contributed by atoms with Gasteiger partial charge in [-0.25, -0.2) is 9.97 Å². The Kier molecular flexibility index (Phi) is 3.63. The summed E-state index contributed by atoms with van der Waals surface area (Å²) in [5, 5.41) is 6.71. The van der Waals surface area contributed by atoms with Crippen molar-refractivity contribution >= 4 is 39.0 Å². The van der Waals surface area contributed by atoms with Gasteiger partial charge >= 0.3 is 0 Å². The average Bonchev–Trinajstić information content (AvgIpc) is 2.98. The van der Waals surface area contributed by atoms with E-state index in [1.54, 1.807) is 11.3 Å². The molecule has 1 saturated heterocycles. The minimum atomic E-state index is 0.302. The summed E-state index contributed by atoms with van der Waals surface area (Å²) in [5.41, 5.74) is 0. The van der Waals surface area contributed by atoms with Crippen LogP contribution in [0, 0.1) is 5.92 Å². The average molecular weight is 284 g/mol. The number of hydrogen-bond donors (Lipinski definition) is 1. The Labute approximate surface area is 114 Å². The van der Waals surface area contributed by atoms with Crippen molar-refractivity contribution in [3.05, 3.63) is 16.7 Å². The summed E-state index contributed by atoms with van der Waals surface area (Å²) in [6.07, 6.45) is 2.27. The van der Waals surface area contributed by atoms with E-state index in [1.807, 2.05) is 11.4 Å². The van der Waals surface area contributed by atoms with E-state index in [4.69, 9.17) is 16.3 Å². The van der Waals surface area contributed by atoms with Crippen molar-refractivity contribution < 1.29 is 4.74 Å². The summed E-state index contributed by atoms with van der Waals surface area (Å²) in [4.78, 5) is 9.38. The molecule has 6 heteroatoms. The first kappa shape index (κ1) is 12.1. The number of halogens is 1. The zero-order chi connectivity index (χ0) is 12.4. The molecule has 0 aliphatic carbocycles. The first-order valence-electron chi connectivity index (χ1n) is 6.05. The molecule has 96 valence electrons. The maximum atomic E-state index is 5.91. The van der Waals surface area contributed by atoms with Crippen LogP contribution in [0.2, 0.25) is 5.28 Å². The van der Waals surface area contributed by atoms with Crippen LogP contribution in [0.1, 0.15) is 12.8 Å². The second kappa shape index (κ2) is 5.38. The maximum Gasteiger partial charge on any atom is 0.225 e. The molecule has 4 nitrogen and oxygen atoms in total. The normalized spacial score (nSPS) is 19.5. The molecule has 3 rings (SSSR count). The first-order chi connectivity index (χ1) is 8.83. The van der Waals surface area contributed by atoms with Crippen LogP contribution in [0.15, 0.2) is 11.4 Å². The summed E-state index contributed by atoms with van der Waals surface area (Å²) in [5.74, 6) is 1.51. The zero-order valence-corrected chi connectivity index (χ0v) is 11.4. The molecule has 1 atom stereocenters. The van der Waals surface area contributed by atoms with Crippen molar-refractivity contribution in [3.63, 3.8) is 0 Å². The highest BCUT2D eigenvalue weighted by molar-refractivity contribution is 7.16. The van der Waals surface area contributed by atoms with Gasteiger partial charge in [0.2, 0.25) is 5.28 Å². The quantitative estimate of drug-likeness (QED) is 0.876. The largest absolute Gasteiger partial charge is 0.381 e. The monoisotopic (exact) mass is 283 g/mol. The molecular weight excluding hydrogens is 270 g/mol. The first-order valence-corrected chi connectivity index (χ1v) is 7.31. The summed E-state index contributed by atoms with van der Waals surface area (Å²) in [7, 11) is 0. The Bertz CT molecular complexity index is 539. The van der Waals surface area contributed by atoms with E-state index < -0.39 is 0 Å². The zero-order valence-electron chi connectivity index (χ0n) is 9.86. The summed E-state index contributed by atoms with van der Waals surface area (Å²) < 4.78 is 5.36. The number of ether oxygens (including phenoxy) is 1. The predicted octanol–water partition coefficient (Wildman–Crippen LogP) is 3.18. The summed E-state index contributed by atoms with van der Waals surface area (Å²) in [6.45, 7) is 2.69. The fraction of sp³-hybridized carbons (Fsp3) is 0.500. The number of rotatable bonds is 4. The molecule has 2 aromatic rings. The van der Waals surface area contributed by atoms with Crippen LogP contribution in [0.5, 0.6) is 0 Å². The molecule has 3 heterocycles. The van der Waals surface area contributed by atoms with E-state index in [-0.39, 0.29) is 0 Å². The van der Waals surface area contributed by atoms with Crippen LogP contribution in [-0.4, -0.2) is 29.7 Å². The topological polar surface area (TPSA) is 47.0 Å². The standard InChI is InChI=1S/C12H14ClN3OS/c13-12-15-10(9-3-6-18-11(9)16-12)14-4-1-8-2-5-17-7-8/h3,6,8H,1-2,4-5,7H2,(H,14,15,16). The van der Waals surface area contributed by atoms with Crippen molar-refractivity contribution in [2.75, 3.05) is 25.1 Å². The number of thiophene rings is 1. The van der Waals surface area contributed by atoms with Crippen molar-refractivity contribution in [1.29, 1.82) is 0 Å². The van der Waals surface area contributed by atoms with Crippen LogP contribution in [0.4, 0.5) is 5.82 Å². The molecule has 1 aliphatic heterocycles. The number of nitrogens with zero attached hydrogens (tertiary/aromatic N) is 2. The van der Waals surface area contributed by atoms with Gasteiger partial charge in [0.1, 0.15) is 10.6 Å². The number of hydrogen-bond acceptors (Lipinski definition) is 5. The molecule has 0 spiro atoms. The summed E-state index contributed by atoms with van der Waals surface area (Å²) >= 11 is 7.49. The fourth-order valence-corrected chi connectivity index (χ4v) is 3.15. The highest BCUT2D eigenvalue weighted by atomic mass is 35.5. The van der Waals surface area contributed by atoms with Gasteiger partial charge in [-0.05, 0) is 41.8 Å². The molecule has 1 N–H and O–H groups in total. The molecule has 1 fully saturated rings. The van der Waals surface area contributed by atoms with Crippen LogP contribution >= 0.6 is 22.9 Å². The van der Waals surface area contributed by atoms with Crippen LogP contribution in [0.25, 0.3) is 10.2 Å². The third-order valence-electron chi connectivity index (χ3n) is 3.17. The van der Waals surface area contributed by atoms with E-state index in [0.29, 0.717) is 11.2 Å². The highest BCUT2D eigenvalue weighted by Crippen LogP contribution is 2.26. The van der Waals surface area contributed by atoms with Gasteiger partial charge in [-0.15, -0.1) is 11.3 Å². The third-order valence-corrected chi connectivity index (χ3v) is 4.14. The van der Waals surface area contributed by atoms with E-state index in [0.717, 1.165) is 42.2 Å². The third kappa shape index (κ3) is 2.58. The van der Waals surface area contributed by atoms with Crippen molar-refractivity contribution in [2.24, 2.45) is 5.92 Å². The smallest absolute Gasteiger partial charge is 0.225 e. The van der Waals surface area contributed by atoms with E-state index in [1.165, 1.54) is 6.42 Å². The molecule has 2 aromatic heterocycles. The van der Waals surface area contributed by atoms with E-state index in [2.05, 4.69) is 15.3 Å². The Hall–Kier alpha value is -0.910. The van der Waals surface area contributed by atoms with Gasteiger partial charge in [0.15, 0.2) is 0 Å². The van der Waals surface area contributed by atoms with Crippen molar-refractivity contribution in [2.45, 2.75) is 12.8 Å². The van der Waals surface area contributed by atoms with Crippen LogP contribution in [0.3, 0.4) is 0 Å². The van der Waals surface area contributed by atoms with E-state index >= 15 is 0 Å². The molecule has 0 bridgehead atoms. The Morgan fingerprint density at radius 1 is 1.50 bits per heavy atom. The van der Waals surface area contributed by atoms with Crippen molar-refractivity contribution in [3.8, 4) is 0 Å². The molecule has 0 aromatic carbocycles. The molecule has 0 radical (unpaired) electrons. The fourth-order valence-electron chi connectivity index (χ4n) is 2.17. The maximum absolute atomic E-state index is 5.91. The van der Waals surface area contributed by atoms with Gasteiger partial charge in [0.05, 0.1) is 5.39 Å². The number of nitrogens with one attached hydrogen (secondary N) is 1. The van der Waals surface area contributed by atoms with Gasteiger partial charge < -0.3 is 10.1 Å². The predicted molar refractivity (Wildman–Crippen MR) is 74.5 cm³/mol. The lowest BCUT2D eigenvalue weighted by molar-refractivity contribution is 0.185. The van der Waals surface area contributed by atoms with Crippen LogP contribution < -0.4 is 5.32 Å². The highest BCUT2D eigenvalue weighted by Gasteiger charge is 2.15. The minimum Gasteiger partial charge on any atom is -0.381 e. The lowest BCUT2D eigenvalue weighted by atomic mass is 10.1. The molecule has 1 unspecified atom stereocenters. The number of anilines is 1. The van der Waals surface area contributed by atoms with Crippen molar-refractivity contribution in [1.82, 2.24) is 9.97 Å². The molecule has 0 saturated carbocycles. The van der Waals surface area contributed by atoms with Gasteiger partial charge in [0, 0.05) is 19.8 Å². The van der Waals surface area contributed by atoms with Gasteiger partial charge in [-0.1, -0.05) is 0 Å². The Balaban J connectivity index is 1.67. The lowest BCUT2D eigenvalue weighted by Gasteiger charge is -2.10. The Morgan fingerprint density at radius 3 is 3.28 bits per heavy atom. The van der Waals surface area contributed by atoms with Crippen LogP contribution in [-0.2, 0) is 4.74 Å². The number of fused-ring (bicyclic) bond motifs is 1. The van der Waals surface area contributed by atoms with E-state index in [9.17, 15) is 0 Å². The SMILES string of the molecule is Clc1nc(NCCC2CCOC2)c2ccsc2n1. The van der Waals surface area contributed by atoms with Gasteiger partial charge in [0.25, 0.3) is 0 Å². The minimum absolute atomic E-state index is 0.302. The molecule has 18 heavy (non-hydrogen) atoms. The second-order valence-electron chi connectivity index (χ2n) is 4.43. The van der Waals surface area contributed by atoms with Gasteiger partial charge in [-0.3, -0.25) is 0 Å². The lowest BCUT2D eigenvalue weighted by Crippen LogP contribution is -2.10.